The van der Waals surface area contributed by atoms with Crippen molar-refractivity contribution in [2.24, 2.45) is 0 Å². The molecule has 0 unspecified atom stereocenters. The lowest BCUT2D eigenvalue weighted by atomic mass is 9.99. The van der Waals surface area contributed by atoms with E-state index in [9.17, 15) is 9.18 Å². The molecule has 4 rings (SSSR count). The average Bonchev–Trinajstić information content (AvgIpc) is 3.32. The van der Waals surface area contributed by atoms with E-state index >= 15 is 0 Å². The van der Waals surface area contributed by atoms with Crippen LogP contribution < -0.4 is 10.1 Å². The molecule has 0 atom stereocenters. The van der Waals surface area contributed by atoms with Crippen LogP contribution in [0.15, 0.2) is 45.3 Å². The van der Waals surface area contributed by atoms with E-state index in [0.29, 0.717) is 50.6 Å². The zero-order valence-electron chi connectivity index (χ0n) is 17.5. The monoisotopic (exact) mass is 424 g/mol. The molecule has 2 aromatic carbocycles. The largest absolute Gasteiger partial charge is 0.496 e. The molecule has 1 N–H and O–H groups in total. The van der Waals surface area contributed by atoms with Gasteiger partial charge in [-0.05, 0) is 43.3 Å². The van der Waals surface area contributed by atoms with Gasteiger partial charge in [0.05, 0.1) is 23.9 Å². The SMILES string of the molecule is CNC(=O)c1c(-c2ccc(F)cc2)oc2cc(-c3c(C)noc3COC)c(OC)cc12. The number of halogens is 1. The number of hydrogen-bond donors (Lipinski definition) is 1. The van der Waals surface area contributed by atoms with Crippen molar-refractivity contribution in [2.75, 3.05) is 21.3 Å². The molecule has 31 heavy (non-hydrogen) atoms. The molecule has 7 nitrogen and oxygen atoms in total. The molecule has 0 radical (unpaired) electrons. The first-order valence-electron chi connectivity index (χ1n) is 9.55. The molecule has 0 aliphatic rings. The zero-order chi connectivity index (χ0) is 22.1. The summed E-state index contributed by atoms with van der Waals surface area (Å²) in [7, 11) is 4.65. The third kappa shape index (κ3) is 3.55. The molecule has 4 aromatic rings. The molecular formula is C23H21FN2O5. The standard InChI is InChI=1S/C23H21FN2O5/c1-12-20(19(11-28-3)31-26-12)15-10-18-16(9-17(15)29-4)21(23(27)25-2)22(30-18)13-5-7-14(24)8-6-13/h5-10H,11H2,1-4H3,(H,25,27). The number of methoxy groups -OCH3 is 2. The molecule has 0 fully saturated rings. The number of rotatable bonds is 6. The Morgan fingerprint density at radius 3 is 2.58 bits per heavy atom. The van der Waals surface area contributed by atoms with Crippen molar-refractivity contribution < 1.29 is 27.6 Å². The third-order valence-electron chi connectivity index (χ3n) is 5.05. The summed E-state index contributed by atoms with van der Waals surface area (Å²) in [6, 6.07) is 9.30. The number of furan rings is 1. The molecule has 0 aliphatic carbocycles. The predicted octanol–water partition coefficient (Wildman–Crippen LogP) is 4.72. The summed E-state index contributed by atoms with van der Waals surface area (Å²) in [4.78, 5) is 12.7. The average molecular weight is 424 g/mol. The van der Waals surface area contributed by atoms with E-state index in [1.807, 2.05) is 6.92 Å². The molecule has 0 saturated carbocycles. The minimum absolute atomic E-state index is 0.236. The summed E-state index contributed by atoms with van der Waals surface area (Å²) in [5.74, 6) is 0.711. The molecule has 160 valence electrons. The Morgan fingerprint density at radius 2 is 1.94 bits per heavy atom. The summed E-state index contributed by atoms with van der Waals surface area (Å²) in [5.41, 5.74) is 3.50. The molecule has 0 spiro atoms. The number of ether oxygens (including phenoxy) is 2. The van der Waals surface area contributed by atoms with E-state index < -0.39 is 0 Å². The van der Waals surface area contributed by atoms with E-state index in [0.717, 1.165) is 5.56 Å². The van der Waals surface area contributed by atoms with Crippen LogP contribution in [-0.2, 0) is 11.3 Å². The van der Waals surface area contributed by atoms with Crippen molar-refractivity contribution >= 4 is 16.9 Å². The number of nitrogens with zero attached hydrogens (tertiary/aromatic N) is 1. The van der Waals surface area contributed by atoms with Gasteiger partial charge in [0.15, 0.2) is 5.76 Å². The van der Waals surface area contributed by atoms with Crippen molar-refractivity contribution in [1.29, 1.82) is 0 Å². The second-order valence-corrected chi connectivity index (χ2v) is 6.94. The summed E-state index contributed by atoms with van der Waals surface area (Å²) < 4.78 is 35.8. The first kappa shape index (κ1) is 20.6. The second-order valence-electron chi connectivity index (χ2n) is 6.94. The van der Waals surface area contributed by atoms with Crippen molar-refractivity contribution in [3.05, 3.63) is 59.2 Å². The summed E-state index contributed by atoms with van der Waals surface area (Å²) in [5, 5.41) is 7.26. The third-order valence-corrected chi connectivity index (χ3v) is 5.05. The van der Waals surface area contributed by atoms with Crippen molar-refractivity contribution in [2.45, 2.75) is 13.5 Å². The van der Waals surface area contributed by atoms with E-state index in [4.69, 9.17) is 18.4 Å². The molecule has 2 aromatic heterocycles. The van der Waals surface area contributed by atoms with Gasteiger partial charge in [0, 0.05) is 30.7 Å². The fourth-order valence-electron chi connectivity index (χ4n) is 3.63. The smallest absolute Gasteiger partial charge is 0.255 e. The van der Waals surface area contributed by atoms with Crippen LogP contribution in [0.1, 0.15) is 21.8 Å². The second kappa shape index (κ2) is 8.23. The van der Waals surface area contributed by atoms with Gasteiger partial charge in [-0.25, -0.2) is 4.39 Å². The number of amides is 1. The number of carbonyl (C=O) groups is 1. The minimum Gasteiger partial charge on any atom is -0.496 e. The van der Waals surface area contributed by atoms with Gasteiger partial charge in [0.2, 0.25) is 0 Å². The molecule has 8 heteroatoms. The lowest BCUT2D eigenvalue weighted by Gasteiger charge is -2.09. The van der Waals surface area contributed by atoms with E-state index in [2.05, 4.69) is 10.5 Å². The van der Waals surface area contributed by atoms with Gasteiger partial charge >= 0.3 is 0 Å². The van der Waals surface area contributed by atoms with Crippen LogP contribution in [-0.4, -0.2) is 32.3 Å². The number of nitrogens with one attached hydrogen (secondary N) is 1. The highest BCUT2D eigenvalue weighted by molar-refractivity contribution is 6.12. The first-order chi connectivity index (χ1) is 15.0. The van der Waals surface area contributed by atoms with Crippen LogP contribution in [0.2, 0.25) is 0 Å². The number of aromatic nitrogens is 1. The summed E-state index contributed by atoms with van der Waals surface area (Å²) in [6.45, 7) is 2.06. The Bertz CT molecular complexity index is 1260. The minimum atomic E-state index is -0.376. The van der Waals surface area contributed by atoms with Crippen molar-refractivity contribution in [1.82, 2.24) is 10.5 Å². The molecule has 2 heterocycles. The molecule has 0 saturated heterocycles. The number of benzene rings is 2. The normalized spacial score (nSPS) is 11.1. The van der Waals surface area contributed by atoms with Gasteiger partial charge in [0.25, 0.3) is 5.91 Å². The van der Waals surface area contributed by atoms with Gasteiger partial charge in [-0.15, -0.1) is 0 Å². The highest BCUT2D eigenvalue weighted by atomic mass is 19.1. The quantitative estimate of drug-likeness (QED) is 0.482. The predicted molar refractivity (Wildman–Crippen MR) is 112 cm³/mol. The van der Waals surface area contributed by atoms with Crippen molar-refractivity contribution in [3.8, 4) is 28.2 Å². The maximum absolute atomic E-state index is 13.4. The van der Waals surface area contributed by atoms with Gasteiger partial charge < -0.3 is 23.7 Å². The lowest BCUT2D eigenvalue weighted by Crippen LogP contribution is -2.18. The van der Waals surface area contributed by atoms with Crippen molar-refractivity contribution in [3.63, 3.8) is 0 Å². The molecule has 1 amide bonds. The Labute approximate surface area is 177 Å². The van der Waals surface area contributed by atoms with Gasteiger partial charge in [-0.2, -0.15) is 0 Å². The highest BCUT2D eigenvalue weighted by Crippen LogP contribution is 2.42. The summed E-state index contributed by atoms with van der Waals surface area (Å²) >= 11 is 0. The van der Waals surface area contributed by atoms with E-state index in [1.165, 1.54) is 12.1 Å². The van der Waals surface area contributed by atoms with E-state index in [1.54, 1.807) is 45.5 Å². The molecular weight excluding hydrogens is 403 g/mol. The Hall–Kier alpha value is -3.65. The topological polar surface area (TPSA) is 86.7 Å². The van der Waals surface area contributed by atoms with Crippen LogP contribution >= 0.6 is 0 Å². The Morgan fingerprint density at radius 1 is 1.19 bits per heavy atom. The maximum atomic E-state index is 13.4. The number of carbonyl (C=O) groups excluding carboxylic acids is 1. The van der Waals surface area contributed by atoms with Crippen LogP contribution in [0.3, 0.4) is 0 Å². The number of aryl methyl sites for hydroxylation is 1. The Kier molecular flexibility index (Phi) is 5.48. The molecule has 0 bridgehead atoms. The zero-order valence-corrected chi connectivity index (χ0v) is 17.5. The first-order valence-corrected chi connectivity index (χ1v) is 9.55. The van der Waals surface area contributed by atoms with E-state index in [-0.39, 0.29) is 18.3 Å². The fourth-order valence-corrected chi connectivity index (χ4v) is 3.63. The van der Waals surface area contributed by atoms with Crippen LogP contribution in [0.25, 0.3) is 33.4 Å². The highest BCUT2D eigenvalue weighted by Gasteiger charge is 2.26. The number of hydrogen-bond acceptors (Lipinski definition) is 6. The Balaban J connectivity index is 2.00. The lowest BCUT2D eigenvalue weighted by molar-refractivity contribution is 0.0964. The molecule has 0 aliphatic heterocycles. The van der Waals surface area contributed by atoms with Gasteiger partial charge in [-0.1, -0.05) is 5.16 Å². The van der Waals surface area contributed by atoms with Gasteiger partial charge in [-0.3, -0.25) is 4.79 Å². The van der Waals surface area contributed by atoms with Crippen LogP contribution in [0.4, 0.5) is 4.39 Å². The number of fused-ring (bicyclic) bond motifs is 1. The summed E-state index contributed by atoms with van der Waals surface area (Å²) in [6.07, 6.45) is 0. The van der Waals surface area contributed by atoms with Crippen LogP contribution in [0, 0.1) is 12.7 Å². The fraction of sp³-hybridized carbons (Fsp3) is 0.217. The van der Waals surface area contributed by atoms with Crippen LogP contribution in [0.5, 0.6) is 5.75 Å². The van der Waals surface area contributed by atoms with Gasteiger partial charge in [0.1, 0.15) is 29.5 Å². The maximum Gasteiger partial charge on any atom is 0.255 e.